The van der Waals surface area contributed by atoms with Gasteiger partial charge in [-0.15, -0.1) is 0 Å². The Morgan fingerprint density at radius 3 is 2.52 bits per heavy atom. The number of hydrogen-bond donors (Lipinski definition) is 0. The number of anilines is 1. The maximum absolute atomic E-state index is 12.7. The Kier molecular flexibility index (Phi) is 4.71. The van der Waals surface area contributed by atoms with Gasteiger partial charge in [-0.05, 0) is 35.9 Å². The van der Waals surface area contributed by atoms with Gasteiger partial charge in [0.25, 0.3) is 5.91 Å². The highest BCUT2D eigenvalue weighted by Gasteiger charge is 2.34. The second-order valence-electron chi connectivity index (χ2n) is 4.74. The molecular formula is C17H12ClNO2S2. The van der Waals surface area contributed by atoms with Crippen LogP contribution in [0.15, 0.2) is 53.4 Å². The molecule has 2 aromatic carbocycles. The monoisotopic (exact) mass is 361 g/mol. The van der Waals surface area contributed by atoms with Gasteiger partial charge < -0.3 is 4.74 Å². The molecule has 23 heavy (non-hydrogen) atoms. The first-order valence-corrected chi connectivity index (χ1v) is 8.37. The van der Waals surface area contributed by atoms with Crippen LogP contribution in [0.3, 0.4) is 0 Å². The third-order valence-corrected chi connectivity index (χ3v) is 4.92. The Hall–Kier alpha value is -1.82. The number of rotatable bonds is 3. The molecule has 1 amide bonds. The van der Waals surface area contributed by atoms with Gasteiger partial charge in [0.1, 0.15) is 5.75 Å². The molecule has 1 fully saturated rings. The first-order valence-electron chi connectivity index (χ1n) is 6.76. The van der Waals surface area contributed by atoms with E-state index < -0.39 is 0 Å². The molecule has 1 aliphatic rings. The molecule has 3 nitrogen and oxygen atoms in total. The summed E-state index contributed by atoms with van der Waals surface area (Å²) in [5.74, 6) is 0.606. The van der Waals surface area contributed by atoms with E-state index in [0.29, 0.717) is 19.9 Å². The Bertz CT molecular complexity index is 802. The minimum Gasteiger partial charge on any atom is -0.497 e. The fraction of sp³-hybridized carbons (Fsp3) is 0.0588. The molecule has 0 unspecified atom stereocenters. The lowest BCUT2D eigenvalue weighted by molar-refractivity contribution is -0.113. The molecule has 0 atom stereocenters. The van der Waals surface area contributed by atoms with Crippen LogP contribution in [0.1, 0.15) is 5.56 Å². The molecule has 0 spiro atoms. The molecule has 3 rings (SSSR count). The molecular weight excluding hydrogens is 350 g/mol. The average molecular weight is 362 g/mol. The highest BCUT2D eigenvalue weighted by Crippen LogP contribution is 2.38. The van der Waals surface area contributed by atoms with E-state index in [9.17, 15) is 4.79 Å². The summed E-state index contributed by atoms with van der Waals surface area (Å²) in [5.41, 5.74) is 1.51. The van der Waals surface area contributed by atoms with Crippen LogP contribution < -0.4 is 9.64 Å². The first kappa shape index (κ1) is 16.1. The van der Waals surface area contributed by atoms with Crippen molar-refractivity contribution in [3.63, 3.8) is 0 Å². The first-order chi connectivity index (χ1) is 11.1. The van der Waals surface area contributed by atoms with Crippen molar-refractivity contribution in [2.45, 2.75) is 0 Å². The van der Waals surface area contributed by atoms with Gasteiger partial charge in [-0.1, -0.05) is 59.8 Å². The maximum Gasteiger partial charge on any atom is 0.270 e. The van der Waals surface area contributed by atoms with Crippen molar-refractivity contribution in [3.05, 3.63) is 64.0 Å². The summed E-state index contributed by atoms with van der Waals surface area (Å²) in [7, 11) is 1.61. The van der Waals surface area contributed by atoms with Crippen molar-refractivity contribution in [2.75, 3.05) is 12.0 Å². The number of para-hydroxylation sites is 1. The van der Waals surface area contributed by atoms with Crippen LogP contribution in [0, 0.1) is 0 Å². The highest BCUT2D eigenvalue weighted by molar-refractivity contribution is 8.27. The van der Waals surface area contributed by atoms with Crippen LogP contribution in [-0.4, -0.2) is 17.3 Å². The Morgan fingerprint density at radius 1 is 1.17 bits per heavy atom. The van der Waals surface area contributed by atoms with E-state index in [4.69, 9.17) is 28.6 Å². The Labute approximate surface area is 148 Å². The molecule has 0 N–H and O–H groups in total. The van der Waals surface area contributed by atoms with Crippen molar-refractivity contribution in [2.24, 2.45) is 0 Å². The minimum absolute atomic E-state index is 0.163. The van der Waals surface area contributed by atoms with Crippen molar-refractivity contribution in [1.29, 1.82) is 0 Å². The van der Waals surface area contributed by atoms with Gasteiger partial charge in [-0.25, -0.2) is 0 Å². The number of halogens is 1. The lowest BCUT2D eigenvalue weighted by atomic mass is 10.2. The molecule has 6 heteroatoms. The summed E-state index contributed by atoms with van der Waals surface area (Å²) in [6, 6.07) is 14.6. The number of ether oxygens (including phenoxy) is 1. The van der Waals surface area contributed by atoms with Crippen LogP contribution in [0.2, 0.25) is 5.02 Å². The van der Waals surface area contributed by atoms with Crippen molar-refractivity contribution in [1.82, 2.24) is 0 Å². The second-order valence-corrected chi connectivity index (χ2v) is 6.82. The second kappa shape index (κ2) is 6.74. The molecule has 1 heterocycles. The highest BCUT2D eigenvalue weighted by atomic mass is 35.5. The molecule has 0 aromatic heterocycles. The fourth-order valence-electron chi connectivity index (χ4n) is 2.16. The zero-order chi connectivity index (χ0) is 16.4. The van der Waals surface area contributed by atoms with Crippen LogP contribution >= 0.6 is 35.6 Å². The summed E-state index contributed by atoms with van der Waals surface area (Å²) in [4.78, 5) is 14.7. The predicted octanol–water partition coefficient (Wildman–Crippen LogP) is 4.75. The Balaban J connectivity index is 1.91. The van der Waals surface area contributed by atoms with Crippen LogP contribution in [0.5, 0.6) is 5.75 Å². The van der Waals surface area contributed by atoms with E-state index in [0.717, 1.165) is 11.3 Å². The smallest absolute Gasteiger partial charge is 0.270 e. The van der Waals surface area contributed by atoms with Gasteiger partial charge in [0.15, 0.2) is 4.32 Å². The molecule has 2 aromatic rings. The van der Waals surface area contributed by atoms with E-state index in [-0.39, 0.29) is 5.91 Å². The van der Waals surface area contributed by atoms with Crippen LogP contribution in [0.4, 0.5) is 5.69 Å². The molecule has 0 saturated carbocycles. The molecule has 1 saturated heterocycles. The summed E-state index contributed by atoms with van der Waals surface area (Å²) in [6.07, 6.45) is 1.82. The molecule has 0 aliphatic carbocycles. The summed E-state index contributed by atoms with van der Waals surface area (Å²) >= 11 is 12.8. The van der Waals surface area contributed by atoms with E-state index in [1.165, 1.54) is 16.7 Å². The standard InChI is InChI=1S/C17H12ClNO2S2/c1-21-12-8-6-11(7-9-12)10-15-16(20)19(17(22)23-15)14-5-3-2-4-13(14)18/h2-10H,1H3/b15-10-. The lowest BCUT2D eigenvalue weighted by Gasteiger charge is -2.15. The van der Waals surface area contributed by atoms with E-state index in [2.05, 4.69) is 0 Å². The van der Waals surface area contributed by atoms with E-state index in [1.54, 1.807) is 19.2 Å². The largest absolute Gasteiger partial charge is 0.497 e. The number of thioether (sulfide) groups is 1. The minimum atomic E-state index is -0.163. The van der Waals surface area contributed by atoms with Gasteiger partial charge in [-0.3, -0.25) is 9.69 Å². The number of hydrogen-bond acceptors (Lipinski definition) is 4. The lowest BCUT2D eigenvalue weighted by Crippen LogP contribution is -2.27. The third kappa shape index (κ3) is 3.27. The summed E-state index contributed by atoms with van der Waals surface area (Å²) in [6.45, 7) is 0. The quantitative estimate of drug-likeness (QED) is 0.582. The zero-order valence-corrected chi connectivity index (χ0v) is 14.5. The fourth-order valence-corrected chi connectivity index (χ4v) is 3.67. The van der Waals surface area contributed by atoms with E-state index >= 15 is 0 Å². The van der Waals surface area contributed by atoms with Gasteiger partial charge >= 0.3 is 0 Å². The molecule has 0 bridgehead atoms. The zero-order valence-electron chi connectivity index (χ0n) is 12.2. The van der Waals surface area contributed by atoms with Crippen molar-refractivity contribution >= 4 is 57.6 Å². The third-order valence-electron chi connectivity index (χ3n) is 3.30. The Morgan fingerprint density at radius 2 is 1.87 bits per heavy atom. The molecule has 1 aliphatic heterocycles. The van der Waals surface area contributed by atoms with Gasteiger partial charge in [0.05, 0.1) is 22.7 Å². The number of benzene rings is 2. The number of methoxy groups -OCH3 is 1. The molecule has 116 valence electrons. The van der Waals surface area contributed by atoms with Gasteiger partial charge in [0, 0.05) is 0 Å². The number of carbonyl (C=O) groups is 1. The van der Waals surface area contributed by atoms with Crippen LogP contribution in [-0.2, 0) is 4.79 Å². The van der Waals surface area contributed by atoms with E-state index in [1.807, 2.05) is 42.5 Å². The SMILES string of the molecule is COc1ccc(/C=C2\SC(=S)N(c3ccccc3Cl)C2=O)cc1. The average Bonchev–Trinajstić information content (AvgIpc) is 2.83. The maximum atomic E-state index is 12.7. The van der Waals surface area contributed by atoms with Crippen molar-refractivity contribution in [3.8, 4) is 5.75 Å². The normalized spacial score (nSPS) is 16.3. The molecule has 0 radical (unpaired) electrons. The summed E-state index contributed by atoms with van der Waals surface area (Å²) < 4.78 is 5.60. The summed E-state index contributed by atoms with van der Waals surface area (Å²) in [5, 5.41) is 0.495. The number of amides is 1. The van der Waals surface area contributed by atoms with Gasteiger partial charge in [0.2, 0.25) is 0 Å². The van der Waals surface area contributed by atoms with Crippen molar-refractivity contribution < 1.29 is 9.53 Å². The number of carbonyl (C=O) groups excluding carboxylic acids is 1. The number of nitrogens with zero attached hydrogens (tertiary/aromatic N) is 1. The van der Waals surface area contributed by atoms with Gasteiger partial charge in [-0.2, -0.15) is 0 Å². The number of thiocarbonyl (C=S) groups is 1. The topological polar surface area (TPSA) is 29.5 Å². The predicted molar refractivity (Wildman–Crippen MR) is 100 cm³/mol. The van der Waals surface area contributed by atoms with Crippen LogP contribution in [0.25, 0.3) is 6.08 Å².